The van der Waals surface area contributed by atoms with Crippen molar-refractivity contribution in [2.75, 3.05) is 19.6 Å². The molecule has 126 heavy (non-hydrogen) atoms. The molecule has 14 nitrogen and oxygen atoms in total. The maximum Gasteiger partial charge on any atom is 0.189 e. The Morgan fingerprint density at radius 3 is 0.786 bits per heavy atom. The predicted octanol–water partition coefficient (Wildman–Crippen LogP) is 31.3. The Morgan fingerprint density at radius 1 is 0.222 bits per heavy atom. The van der Waals surface area contributed by atoms with E-state index in [9.17, 15) is 15.8 Å². The van der Waals surface area contributed by atoms with Gasteiger partial charge in [0.2, 0.25) is 0 Å². The number of aromatic nitrogens is 2. The number of para-hydroxylation sites is 10. The van der Waals surface area contributed by atoms with Crippen molar-refractivity contribution in [2.45, 2.75) is 0 Å². The lowest BCUT2D eigenvalue weighted by molar-refractivity contribution is 0.669. The van der Waals surface area contributed by atoms with Gasteiger partial charge in [0.05, 0.1) is 75.3 Å². The van der Waals surface area contributed by atoms with Crippen LogP contribution in [0.15, 0.2) is 394 Å². The van der Waals surface area contributed by atoms with Gasteiger partial charge in [-0.25, -0.2) is 4.85 Å². The van der Waals surface area contributed by atoms with Gasteiger partial charge in [0.25, 0.3) is 0 Å². The second kappa shape index (κ2) is 27.7. The van der Waals surface area contributed by atoms with E-state index >= 15 is 0 Å². The summed E-state index contributed by atoms with van der Waals surface area (Å²) in [7, 11) is 0. The summed E-state index contributed by atoms with van der Waals surface area (Å²) in [6.45, 7) is 7.96. The third-order valence-electron chi connectivity index (χ3n) is 25.0. The SMILES string of the molecule is N#Cc1ccc(N(c2ccccc2)c2cc3c4ccccc4oc3c3c2c2cccc4c5c(N(c6ccccc6)c6ccc(C#N)cc6)cc6c7ccccc7oc6c5n3c24)cc1.[C-]#[N+]c1cccc(N(c2ccccc2)c2cc3c4ccccc4oc3c3c2c2cccc4c5c(N(c6ccccc6)c6cccc(C#N)c6)cc6c7ccccc7oc6c5n3c42)c1. The highest BCUT2D eigenvalue weighted by atomic mass is 16.3. The molecule has 0 aliphatic carbocycles. The molecule has 14 heteroatoms. The van der Waals surface area contributed by atoms with Crippen LogP contribution in [-0.2, 0) is 0 Å². The summed E-state index contributed by atoms with van der Waals surface area (Å²) in [6.07, 6.45) is 0. The van der Waals surface area contributed by atoms with Crippen molar-refractivity contribution in [1.29, 1.82) is 15.8 Å². The molecule has 0 radical (unpaired) electrons. The first-order chi connectivity index (χ1) is 62.4. The van der Waals surface area contributed by atoms with Crippen molar-refractivity contribution in [3.8, 4) is 18.2 Å². The lowest BCUT2D eigenvalue weighted by Crippen LogP contribution is -2.11. The van der Waals surface area contributed by atoms with Gasteiger partial charge in [-0.15, -0.1) is 0 Å². The number of nitrogens with zero attached hydrogens (tertiary/aromatic N) is 10. The zero-order chi connectivity index (χ0) is 83.5. The van der Waals surface area contributed by atoms with Gasteiger partial charge in [-0.2, -0.15) is 15.8 Å². The highest BCUT2D eigenvalue weighted by molar-refractivity contribution is 6.39. The molecule has 26 rings (SSSR count). The van der Waals surface area contributed by atoms with Crippen molar-refractivity contribution in [1.82, 2.24) is 8.80 Å². The van der Waals surface area contributed by atoms with Crippen LogP contribution in [0.4, 0.5) is 73.9 Å². The van der Waals surface area contributed by atoms with Crippen LogP contribution in [0.2, 0.25) is 0 Å². The lowest BCUT2D eigenvalue weighted by atomic mass is 10.0. The Hall–Kier alpha value is -18.1. The summed E-state index contributed by atoms with van der Waals surface area (Å²) in [5.74, 6) is 0. The van der Waals surface area contributed by atoms with Gasteiger partial charge in [0.1, 0.15) is 44.4 Å². The standard InChI is InChI=1S/2C56H31N5O2/c1-58-35-16-13-22-39(30-35)60(37-19-6-3-7-20-37)47-32-45-41-24-9-11-28-49(41)63-56(45)54-51(47)43-26-14-25-42-50-46(59(36-17-4-2-5-18-36)38-21-12-15-34(29-38)33-57)31-44-40-23-8-10-27-48(40)62-55(44)53(50)61(54)52(42)43;57-32-34-22-26-38(27-23-34)59(36-12-3-1-4-13-36)46-30-44-40-16-7-9-20-48(40)62-55(44)53-50(46)42-18-11-19-43-51-47(60(37-14-5-2-6-15-37)39-28-24-35(33-58)25-29-39)31-45-41-17-8-10-21-49(41)63-56(45)54(51)61(53)52(42)43/h2-32H;1-31H. The fraction of sp³-hybridized carbons (Fsp3) is 0. The van der Waals surface area contributed by atoms with Crippen LogP contribution in [-0.4, -0.2) is 8.80 Å². The highest BCUT2D eigenvalue weighted by Crippen LogP contribution is 2.58. The van der Waals surface area contributed by atoms with Gasteiger partial charge in [-0.3, -0.25) is 0 Å². The normalized spacial score (nSPS) is 11.8. The topological polar surface area (TPSA) is 150 Å². The van der Waals surface area contributed by atoms with Crippen molar-refractivity contribution < 1.29 is 17.7 Å². The first-order valence-corrected chi connectivity index (χ1v) is 41.6. The van der Waals surface area contributed by atoms with Crippen LogP contribution in [0.5, 0.6) is 0 Å². The molecule has 0 aliphatic rings. The molecule has 8 heterocycles. The smallest absolute Gasteiger partial charge is 0.189 e. The van der Waals surface area contributed by atoms with Crippen LogP contribution in [0.3, 0.4) is 0 Å². The molecule has 0 amide bonds. The van der Waals surface area contributed by atoms with E-state index in [4.69, 9.17) is 24.2 Å². The third-order valence-corrected chi connectivity index (χ3v) is 25.0. The number of anilines is 12. The Bertz CT molecular complexity index is 8660. The average Bonchev–Trinajstić information content (AvgIpc) is 1.51. The number of hydrogen-bond acceptors (Lipinski definition) is 11. The molecule has 0 spiro atoms. The van der Waals surface area contributed by atoms with E-state index in [0.717, 1.165) is 232 Å². The van der Waals surface area contributed by atoms with Gasteiger partial charge < -0.3 is 46.1 Å². The Labute approximate surface area is 717 Å². The van der Waals surface area contributed by atoms with E-state index in [2.05, 4.69) is 258 Å². The molecule has 584 valence electrons. The van der Waals surface area contributed by atoms with Crippen molar-refractivity contribution in [3.63, 3.8) is 0 Å². The quantitative estimate of drug-likeness (QED) is 0.108. The maximum absolute atomic E-state index is 10.1. The van der Waals surface area contributed by atoms with E-state index in [1.54, 1.807) is 0 Å². The number of benzene rings is 18. The van der Waals surface area contributed by atoms with Gasteiger partial charge >= 0.3 is 0 Å². The fourth-order valence-electron chi connectivity index (χ4n) is 19.8. The first kappa shape index (κ1) is 70.9. The molecule has 0 unspecified atom stereocenters. The maximum atomic E-state index is 10.1. The van der Waals surface area contributed by atoms with Crippen LogP contribution in [0.25, 0.3) is 169 Å². The summed E-state index contributed by atoms with van der Waals surface area (Å²) in [6, 6.07) is 135. The first-order valence-electron chi connectivity index (χ1n) is 41.6. The van der Waals surface area contributed by atoms with Crippen molar-refractivity contribution in [2.24, 2.45) is 0 Å². The Morgan fingerprint density at radius 2 is 0.476 bits per heavy atom. The van der Waals surface area contributed by atoms with Crippen LogP contribution < -0.4 is 19.6 Å². The third kappa shape index (κ3) is 10.5. The molecule has 26 aromatic rings. The minimum atomic E-state index is 0.558. The zero-order valence-corrected chi connectivity index (χ0v) is 66.9. The monoisotopic (exact) mass is 1610 g/mol. The Balaban J connectivity index is 0.000000137. The molecule has 0 N–H and O–H groups in total. The van der Waals surface area contributed by atoms with Gasteiger partial charge in [-0.05, 0) is 176 Å². The summed E-state index contributed by atoms with van der Waals surface area (Å²) in [5, 5.41) is 46.0. The van der Waals surface area contributed by atoms with Gasteiger partial charge in [0, 0.05) is 132 Å². The van der Waals surface area contributed by atoms with Crippen LogP contribution in [0, 0.1) is 40.6 Å². The molecule has 0 aliphatic heterocycles. The predicted molar refractivity (Wildman–Crippen MR) is 510 cm³/mol. The van der Waals surface area contributed by atoms with E-state index in [-0.39, 0.29) is 0 Å². The van der Waals surface area contributed by atoms with E-state index in [1.807, 2.05) is 170 Å². The number of rotatable bonds is 12. The average molecular weight is 1610 g/mol. The minimum absolute atomic E-state index is 0.558. The minimum Gasteiger partial charge on any atom is -0.454 e. The van der Waals surface area contributed by atoms with Gasteiger partial charge in [-0.1, -0.05) is 200 Å². The summed E-state index contributed by atoms with van der Waals surface area (Å²) >= 11 is 0. The summed E-state index contributed by atoms with van der Waals surface area (Å²) < 4.78 is 32.8. The lowest BCUT2D eigenvalue weighted by Gasteiger charge is -2.27. The summed E-state index contributed by atoms with van der Waals surface area (Å²) in [4.78, 5) is 13.0. The largest absolute Gasteiger partial charge is 0.454 e. The van der Waals surface area contributed by atoms with Crippen LogP contribution in [0.1, 0.15) is 16.7 Å². The molecule has 0 bridgehead atoms. The van der Waals surface area contributed by atoms with E-state index in [1.165, 1.54) is 0 Å². The summed E-state index contributed by atoms with van der Waals surface area (Å²) in [5.41, 5.74) is 25.7. The number of furan rings is 4. The number of fused-ring (bicyclic) bond motifs is 28. The second-order valence-electron chi connectivity index (χ2n) is 31.7. The molecular weight excluding hydrogens is 1550 g/mol. The zero-order valence-electron chi connectivity index (χ0n) is 66.9. The molecule has 18 aromatic carbocycles. The van der Waals surface area contributed by atoms with Crippen molar-refractivity contribution in [3.05, 3.63) is 404 Å². The van der Waals surface area contributed by atoms with Gasteiger partial charge in [0.15, 0.2) is 28.0 Å². The Kier molecular flexibility index (Phi) is 15.6. The number of hydrogen-bond donors (Lipinski definition) is 0. The molecule has 8 aromatic heterocycles. The number of nitriles is 3. The highest BCUT2D eigenvalue weighted by Gasteiger charge is 2.35. The van der Waals surface area contributed by atoms with E-state index in [0.29, 0.717) is 22.4 Å². The molecule has 0 saturated heterocycles. The molecular formula is C112H62N10O4. The van der Waals surface area contributed by atoms with Crippen LogP contribution >= 0.6 is 0 Å². The molecule has 0 saturated carbocycles. The van der Waals surface area contributed by atoms with E-state index < -0.39 is 0 Å². The molecule has 0 fully saturated rings. The molecule has 0 atom stereocenters. The fourth-order valence-corrected chi connectivity index (χ4v) is 19.8. The van der Waals surface area contributed by atoms with Crippen molar-refractivity contribution >= 4 is 238 Å². The second-order valence-corrected chi connectivity index (χ2v) is 31.7.